The van der Waals surface area contributed by atoms with Gasteiger partial charge in [-0.2, -0.15) is 11.8 Å². The van der Waals surface area contributed by atoms with Crippen LogP contribution in [-0.4, -0.2) is 18.7 Å². The van der Waals surface area contributed by atoms with Crippen molar-refractivity contribution in [3.8, 4) is 0 Å². The first kappa shape index (κ1) is 10.5. The molecular formula is C10H21BS. The zero-order valence-electron chi connectivity index (χ0n) is 8.89. The molecule has 0 unspecified atom stereocenters. The monoisotopic (exact) mass is 184 g/mol. The van der Waals surface area contributed by atoms with Crippen LogP contribution in [0.1, 0.15) is 39.5 Å². The molecule has 0 amide bonds. The standard InChI is InChI=1S/C10H21BS/c1-8(2)9-4-6-10(11,12-3)7-5-9/h8-9H,4-7,11H2,1-3H3. The molecule has 2 heteroatoms. The highest BCUT2D eigenvalue weighted by Crippen LogP contribution is 2.40. The zero-order chi connectivity index (χ0) is 9.19. The molecule has 12 heavy (non-hydrogen) atoms. The van der Waals surface area contributed by atoms with Crippen LogP contribution in [0, 0.1) is 11.8 Å². The summed E-state index contributed by atoms with van der Waals surface area (Å²) in [4.78, 5) is 0. The van der Waals surface area contributed by atoms with Gasteiger partial charge in [-0.05, 0) is 48.4 Å². The Bertz CT molecular complexity index is 137. The zero-order valence-corrected chi connectivity index (χ0v) is 9.71. The lowest BCUT2D eigenvalue weighted by molar-refractivity contribution is 0.273. The first-order chi connectivity index (χ1) is 5.57. The molecule has 0 aromatic rings. The third kappa shape index (κ3) is 2.45. The summed E-state index contributed by atoms with van der Waals surface area (Å²) < 4.78 is 0.603. The molecule has 1 aliphatic carbocycles. The largest absolute Gasteiger partial charge is 0.168 e. The second-order valence-corrected chi connectivity index (χ2v) is 6.13. The second-order valence-electron chi connectivity index (χ2n) is 4.74. The molecule has 0 nitrogen and oxygen atoms in total. The van der Waals surface area contributed by atoms with Gasteiger partial charge in [0, 0.05) is 0 Å². The Labute approximate surface area is 82.3 Å². The topological polar surface area (TPSA) is 0 Å². The molecule has 0 N–H and O–H groups in total. The van der Waals surface area contributed by atoms with E-state index in [1.54, 1.807) is 0 Å². The average Bonchev–Trinajstić information content (AvgIpc) is 2.05. The van der Waals surface area contributed by atoms with Crippen LogP contribution in [0.3, 0.4) is 0 Å². The first-order valence-electron chi connectivity index (χ1n) is 5.12. The lowest BCUT2D eigenvalue weighted by atomic mass is 9.68. The van der Waals surface area contributed by atoms with E-state index in [-0.39, 0.29) is 0 Å². The van der Waals surface area contributed by atoms with Gasteiger partial charge in [-0.3, -0.25) is 0 Å². The van der Waals surface area contributed by atoms with Gasteiger partial charge in [-0.15, -0.1) is 0 Å². The van der Waals surface area contributed by atoms with Crippen LogP contribution in [0.25, 0.3) is 0 Å². The van der Waals surface area contributed by atoms with Crippen LogP contribution in [0.4, 0.5) is 0 Å². The Hall–Kier alpha value is 0.415. The highest BCUT2D eigenvalue weighted by Gasteiger charge is 2.30. The van der Waals surface area contributed by atoms with Gasteiger partial charge in [0.05, 0.1) is 0 Å². The summed E-state index contributed by atoms with van der Waals surface area (Å²) in [5.74, 6) is 1.90. The molecule has 0 bridgehead atoms. The molecule has 0 aliphatic heterocycles. The van der Waals surface area contributed by atoms with E-state index in [9.17, 15) is 0 Å². The van der Waals surface area contributed by atoms with Gasteiger partial charge < -0.3 is 0 Å². The van der Waals surface area contributed by atoms with E-state index < -0.39 is 0 Å². The van der Waals surface area contributed by atoms with Crippen molar-refractivity contribution < 1.29 is 0 Å². The van der Waals surface area contributed by atoms with Gasteiger partial charge in [0.2, 0.25) is 0 Å². The summed E-state index contributed by atoms with van der Waals surface area (Å²) in [6, 6.07) is 0. The lowest BCUT2D eigenvalue weighted by Gasteiger charge is -2.37. The smallest absolute Gasteiger partial charge is 0.122 e. The Kier molecular flexibility index (Phi) is 3.57. The first-order valence-corrected chi connectivity index (χ1v) is 6.35. The third-order valence-corrected chi connectivity index (χ3v) is 4.92. The Balaban J connectivity index is 2.39. The highest BCUT2D eigenvalue weighted by atomic mass is 32.2. The van der Waals surface area contributed by atoms with E-state index in [4.69, 9.17) is 0 Å². The third-order valence-electron chi connectivity index (χ3n) is 3.52. The molecule has 0 spiro atoms. The van der Waals surface area contributed by atoms with E-state index in [0.717, 1.165) is 11.8 Å². The molecule has 0 aromatic carbocycles. The van der Waals surface area contributed by atoms with E-state index >= 15 is 0 Å². The minimum Gasteiger partial charge on any atom is -0.168 e. The molecule has 0 radical (unpaired) electrons. The molecule has 0 atom stereocenters. The highest BCUT2D eigenvalue weighted by molar-refractivity contribution is 8.01. The van der Waals surface area contributed by atoms with Crippen LogP contribution in [0.15, 0.2) is 0 Å². The summed E-state index contributed by atoms with van der Waals surface area (Å²) in [7, 11) is 2.42. The molecule has 1 saturated carbocycles. The predicted molar refractivity (Wildman–Crippen MR) is 61.6 cm³/mol. The molecule has 70 valence electrons. The maximum atomic E-state index is 2.42. The summed E-state index contributed by atoms with van der Waals surface area (Å²) in [5, 5.41) is 0. The summed E-state index contributed by atoms with van der Waals surface area (Å²) in [6.45, 7) is 4.73. The Morgan fingerprint density at radius 3 is 2.17 bits per heavy atom. The van der Waals surface area contributed by atoms with Crippen molar-refractivity contribution in [2.24, 2.45) is 11.8 Å². The van der Waals surface area contributed by atoms with Gasteiger partial charge in [-0.25, -0.2) is 0 Å². The van der Waals surface area contributed by atoms with Crippen molar-refractivity contribution >= 4 is 19.6 Å². The molecular weight excluding hydrogens is 163 g/mol. The van der Waals surface area contributed by atoms with Crippen molar-refractivity contribution in [2.45, 2.75) is 44.2 Å². The van der Waals surface area contributed by atoms with E-state index in [1.165, 1.54) is 25.7 Å². The van der Waals surface area contributed by atoms with Crippen LogP contribution in [0.5, 0.6) is 0 Å². The van der Waals surface area contributed by atoms with Crippen molar-refractivity contribution in [2.75, 3.05) is 6.26 Å². The average molecular weight is 184 g/mol. The number of hydrogen-bond acceptors (Lipinski definition) is 1. The van der Waals surface area contributed by atoms with Crippen molar-refractivity contribution in [3.05, 3.63) is 0 Å². The van der Waals surface area contributed by atoms with Crippen LogP contribution in [-0.2, 0) is 0 Å². The van der Waals surface area contributed by atoms with Crippen molar-refractivity contribution in [1.82, 2.24) is 0 Å². The number of hydrogen-bond donors (Lipinski definition) is 0. The Morgan fingerprint density at radius 1 is 1.33 bits per heavy atom. The quantitative estimate of drug-likeness (QED) is 0.594. The number of thioether (sulfide) groups is 1. The van der Waals surface area contributed by atoms with Crippen molar-refractivity contribution in [3.63, 3.8) is 0 Å². The Morgan fingerprint density at radius 2 is 1.83 bits per heavy atom. The molecule has 1 fully saturated rings. The van der Waals surface area contributed by atoms with Gasteiger partial charge in [0.15, 0.2) is 0 Å². The molecule has 0 heterocycles. The van der Waals surface area contributed by atoms with Gasteiger partial charge in [-0.1, -0.05) is 13.8 Å². The minimum atomic E-state index is 0.603. The minimum absolute atomic E-state index is 0.603. The predicted octanol–water partition coefficient (Wildman–Crippen LogP) is 2.53. The molecule has 0 aromatic heterocycles. The summed E-state index contributed by atoms with van der Waals surface area (Å²) in [6.07, 6.45) is 8.02. The van der Waals surface area contributed by atoms with E-state index in [1.807, 2.05) is 0 Å². The lowest BCUT2D eigenvalue weighted by Crippen LogP contribution is -2.32. The van der Waals surface area contributed by atoms with Crippen LogP contribution >= 0.6 is 11.8 Å². The second kappa shape index (κ2) is 4.08. The molecule has 1 aliphatic rings. The fraction of sp³-hybridized carbons (Fsp3) is 1.00. The van der Waals surface area contributed by atoms with Crippen molar-refractivity contribution in [1.29, 1.82) is 0 Å². The SMILES string of the molecule is BC1(SC)CCC(C(C)C)CC1. The maximum Gasteiger partial charge on any atom is 0.122 e. The normalized spacial score (nSPS) is 37.2. The van der Waals surface area contributed by atoms with E-state index in [0.29, 0.717) is 4.65 Å². The summed E-state index contributed by atoms with van der Waals surface area (Å²) in [5.41, 5.74) is 0. The van der Waals surface area contributed by atoms with Gasteiger partial charge >= 0.3 is 0 Å². The van der Waals surface area contributed by atoms with E-state index in [2.05, 4.69) is 39.7 Å². The fourth-order valence-corrected chi connectivity index (χ4v) is 2.77. The fourth-order valence-electron chi connectivity index (χ4n) is 2.12. The molecule has 1 rings (SSSR count). The maximum absolute atomic E-state index is 2.42. The molecule has 0 saturated heterocycles. The van der Waals surface area contributed by atoms with Gasteiger partial charge in [0.25, 0.3) is 0 Å². The van der Waals surface area contributed by atoms with Crippen LogP contribution in [0.2, 0.25) is 0 Å². The van der Waals surface area contributed by atoms with Crippen LogP contribution < -0.4 is 0 Å². The summed E-state index contributed by atoms with van der Waals surface area (Å²) >= 11 is 2.06. The number of rotatable bonds is 2. The van der Waals surface area contributed by atoms with Gasteiger partial charge in [0.1, 0.15) is 7.85 Å².